The zero-order valence-corrected chi connectivity index (χ0v) is 8.49. The molecule has 5 heteroatoms. The van der Waals surface area contributed by atoms with Crippen molar-refractivity contribution in [2.45, 2.75) is 38.1 Å². The fourth-order valence-corrected chi connectivity index (χ4v) is 2.14. The van der Waals surface area contributed by atoms with Gasteiger partial charge in [0.2, 0.25) is 17.7 Å². The van der Waals surface area contributed by atoms with Gasteiger partial charge in [0.15, 0.2) is 0 Å². The number of nitrogens with one attached hydrogen (secondary N) is 1. The summed E-state index contributed by atoms with van der Waals surface area (Å²) in [5.41, 5.74) is 0. The average molecular weight is 210 g/mol. The zero-order valence-electron chi connectivity index (χ0n) is 8.49. The van der Waals surface area contributed by atoms with E-state index in [1.807, 2.05) is 0 Å². The van der Waals surface area contributed by atoms with Crippen LogP contribution in [0.5, 0.6) is 0 Å². The largest absolute Gasteiger partial charge is 0.331 e. The van der Waals surface area contributed by atoms with E-state index in [0.29, 0.717) is 25.8 Å². The summed E-state index contributed by atoms with van der Waals surface area (Å²) in [6, 6.07) is -0.421. The van der Waals surface area contributed by atoms with Gasteiger partial charge >= 0.3 is 0 Å². The molecule has 2 rings (SSSR count). The second kappa shape index (κ2) is 4.00. The van der Waals surface area contributed by atoms with Gasteiger partial charge in [0, 0.05) is 19.4 Å². The van der Waals surface area contributed by atoms with Crippen LogP contribution in [0.4, 0.5) is 0 Å². The highest BCUT2D eigenvalue weighted by molar-refractivity contribution is 6.01. The highest BCUT2D eigenvalue weighted by Crippen LogP contribution is 2.18. The van der Waals surface area contributed by atoms with E-state index in [1.165, 1.54) is 0 Å². The van der Waals surface area contributed by atoms with Crippen molar-refractivity contribution in [3.05, 3.63) is 0 Å². The molecule has 0 saturated carbocycles. The number of imide groups is 1. The number of piperidine rings is 2. The lowest BCUT2D eigenvalue weighted by atomic mass is 10.0. The fourth-order valence-electron chi connectivity index (χ4n) is 2.14. The lowest BCUT2D eigenvalue weighted by Crippen LogP contribution is -2.55. The molecule has 0 bridgehead atoms. The summed E-state index contributed by atoms with van der Waals surface area (Å²) in [7, 11) is 0. The number of carbonyl (C=O) groups is 3. The molecule has 2 aliphatic rings. The Morgan fingerprint density at radius 1 is 1.13 bits per heavy atom. The SMILES string of the molecule is O=C1CCC(N2CCCCC2=O)C(=O)N1. The predicted octanol–water partition coefficient (Wildman–Crippen LogP) is -0.196. The Balaban J connectivity index is 2.05. The Bertz CT molecular complexity index is 314. The van der Waals surface area contributed by atoms with Crippen LogP contribution in [0.2, 0.25) is 0 Å². The van der Waals surface area contributed by atoms with Crippen LogP contribution < -0.4 is 5.32 Å². The normalized spacial score (nSPS) is 27.9. The zero-order chi connectivity index (χ0) is 10.8. The third-order valence-electron chi connectivity index (χ3n) is 2.95. The molecule has 2 heterocycles. The summed E-state index contributed by atoms with van der Waals surface area (Å²) in [4.78, 5) is 35.7. The van der Waals surface area contributed by atoms with Gasteiger partial charge in [-0.2, -0.15) is 0 Å². The Kier molecular flexibility index (Phi) is 2.70. The Morgan fingerprint density at radius 2 is 1.93 bits per heavy atom. The van der Waals surface area contributed by atoms with Crippen LogP contribution in [0.15, 0.2) is 0 Å². The van der Waals surface area contributed by atoms with Gasteiger partial charge in [0.25, 0.3) is 0 Å². The maximum atomic E-state index is 11.6. The number of hydrogen-bond acceptors (Lipinski definition) is 3. The van der Waals surface area contributed by atoms with E-state index in [9.17, 15) is 14.4 Å². The first kappa shape index (κ1) is 10.1. The standard InChI is InChI=1S/C10H14N2O3/c13-8-5-4-7(10(15)11-8)12-6-2-1-3-9(12)14/h7H,1-6H2,(H,11,13,15). The van der Waals surface area contributed by atoms with Crippen LogP contribution in [0.25, 0.3) is 0 Å². The molecule has 2 fully saturated rings. The number of hydrogen-bond donors (Lipinski definition) is 1. The smallest absolute Gasteiger partial charge is 0.249 e. The molecule has 0 spiro atoms. The van der Waals surface area contributed by atoms with E-state index in [0.717, 1.165) is 12.8 Å². The second-order valence-corrected chi connectivity index (χ2v) is 4.01. The first-order valence-corrected chi connectivity index (χ1v) is 5.31. The van der Waals surface area contributed by atoms with Gasteiger partial charge in [-0.1, -0.05) is 0 Å². The third-order valence-corrected chi connectivity index (χ3v) is 2.95. The van der Waals surface area contributed by atoms with Crippen molar-refractivity contribution in [3.8, 4) is 0 Å². The maximum Gasteiger partial charge on any atom is 0.249 e. The Hall–Kier alpha value is -1.39. The van der Waals surface area contributed by atoms with Crippen molar-refractivity contribution in [1.29, 1.82) is 0 Å². The van der Waals surface area contributed by atoms with Gasteiger partial charge < -0.3 is 4.90 Å². The van der Waals surface area contributed by atoms with Crippen LogP contribution in [-0.4, -0.2) is 35.2 Å². The summed E-state index contributed by atoms with van der Waals surface area (Å²) >= 11 is 0. The number of likely N-dealkylation sites (tertiary alicyclic amines) is 1. The molecule has 3 amide bonds. The molecule has 0 aromatic carbocycles. The molecule has 5 nitrogen and oxygen atoms in total. The number of rotatable bonds is 1. The van der Waals surface area contributed by atoms with Gasteiger partial charge in [0.05, 0.1) is 0 Å². The van der Waals surface area contributed by atoms with E-state index in [2.05, 4.69) is 5.32 Å². The maximum absolute atomic E-state index is 11.6. The molecule has 1 atom stereocenters. The van der Waals surface area contributed by atoms with Gasteiger partial charge in [-0.05, 0) is 19.3 Å². The summed E-state index contributed by atoms with van der Waals surface area (Å²) < 4.78 is 0. The molecule has 0 aliphatic carbocycles. The summed E-state index contributed by atoms with van der Waals surface area (Å²) in [5.74, 6) is -0.516. The molecule has 1 N–H and O–H groups in total. The van der Waals surface area contributed by atoms with Crippen molar-refractivity contribution in [2.24, 2.45) is 0 Å². The van der Waals surface area contributed by atoms with Gasteiger partial charge in [0.1, 0.15) is 6.04 Å². The van der Waals surface area contributed by atoms with Crippen LogP contribution in [-0.2, 0) is 14.4 Å². The third kappa shape index (κ3) is 2.00. The van der Waals surface area contributed by atoms with Gasteiger partial charge in [-0.3, -0.25) is 19.7 Å². The van der Waals surface area contributed by atoms with Crippen molar-refractivity contribution in [3.63, 3.8) is 0 Å². The molecule has 2 saturated heterocycles. The molecule has 1 unspecified atom stereocenters. The first-order chi connectivity index (χ1) is 7.18. The molecule has 15 heavy (non-hydrogen) atoms. The van der Waals surface area contributed by atoms with Crippen LogP contribution in [0.3, 0.4) is 0 Å². The van der Waals surface area contributed by atoms with E-state index < -0.39 is 6.04 Å². The molecule has 0 radical (unpaired) electrons. The molecular weight excluding hydrogens is 196 g/mol. The summed E-state index contributed by atoms with van der Waals surface area (Å²) in [6.07, 6.45) is 3.18. The Labute approximate surface area is 87.8 Å². The minimum absolute atomic E-state index is 0.0377. The topological polar surface area (TPSA) is 66.5 Å². The quantitative estimate of drug-likeness (QED) is 0.610. The summed E-state index contributed by atoms with van der Waals surface area (Å²) in [6.45, 7) is 0.644. The van der Waals surface area contributed by atoms with E-state index in [-0.39, 0.29) is 17.7 Å². The average Bonchev–Trinajstić information content (AvgIpc) is 2.20. The molecule has 82 valence electrons. The van der Waals surface area contributed by atoms with Gasteiger partial charge in [-0.25, -0.2) is 0 Å². The van der Waals surface area contributed by atoms with E-state index >= 15 is 0 Å². The molecule has 2 aliphatic heterocycles. The minimum atomic E-state index is -0.421. The van der Waals surface area contributed by atoms with Crippen molar-refractivity contribution < 1.29 is 14.4 Å². The van der Waals surface area contributed by atoms with Crippen LogP contribution >= 0.6 is 0 Å². The van der Waals surface area contributed by atoms with Crippen LogP contribution in [0, 0.1) is 0 Å². The van der Waals surface area contributed by atoms with E-state index in [1.54, 1.807) is 4.90 Å². The number of carbonyl (C=O) groups excluding carboxylic acids is 3. The molecular formula is C10H14N2O3. The van der Waals surface area contributed by atoms with Gasteiger partial charge in [-0.15, -0.1) is 0 Å². The minimum Gasteiger partial charge on any atom is -0.331 e. The highest BCUT2D eigenvalue weighted by atomic mass is 16.2. The lowest BCUT2D eigenvalue weighted by molar-refractivity contribution is -0.147. The van der Waals surface area contributed by atoms with Crippen molar-refractivity contribution in [1.82, 2.24) is 10.2 Å². The predicted molar refractivity (Wildman–Crippen MR) is 51.7 cm³/mol. The van der Waals surface area contributed by atoms with E-state index in [4.69, 9.17) is 0 Å². The monoisotopic (exact) mass is 210 g/mol. The summed E-state index contributed by atoms with van der Waals surface area (Å²) in [5, 5.41) is 2.28. The lowest BCUT2D eigenvalue weighted by Gasteiger charge is -2.35. The molecule has 0 aromatic heterocycles. The number of amides is 3. The van der Waals surface area contributed by atoms with Crippen LogP contribution in [0.1, 0.15) is 32.1 Å². The highest BCUT2D eigenvalue weighted by Gasteiger charge is 2.34. The fraction of sp³-hybridized carbons (Fsp3) is 0.700. The number of nitrogens with zero attached hydrogens (tertiary/aromatic N) is 1. The van der Waals surface area contributed by atoms with Crippen molar-refractivity contribution >= 4 is 17.7 Å². The first-order valence-electron chi connectivity index (χ1n) is 5.31. The molecule has 0 aromatic rings. The Morgan fingerprint density at radius 3 is 2.60 bits per heavy atom. The second-order valence-electron chi connectivity index (χ2n) is 4.01. The van der Waals surface area contributed by atoms with Crippen molar-refractivity contribution in [2.75, 3.05) is 6.54 Å².